The van der Waals surface area contributed by atoms with E-state index in [2.05, 4.69) is 25.2 Å². The molecular weight excluding hydrogens is 393 g/mol. The van der Waals surface area contributed by atoms with Gasteiger partial charge in [-0.2, -0.15) is 0 Å². The van der Waals surface area contributed by atoms with Crippen LogP contribution in [0, 0.1) is 5.82 Å². The fraction of sp³-hybridized carbons (Fsp3) is 0.208. The maximum absolute atomic E-state index is 13.9. The van der Waals surface area contributed by atoms with Gasteiger partial charge in [0.15, 0.2) is 0 Å². The molecule has 2 aromatic heterocycles. The normalized spacial score (nSPS) is 13.6. The van der Waals surface area contributed by atoms with Gasteiger partial charge in [-0.3, -0.25) is 4.79 Å². The number of halogens is 1. The van der Waals surface area contributed by atoms with Gasteiger partial charge in [0.05, 0.1) is 16.6 Å². The number of carbonyl (C=O) groups excluding carboxylic acids is 1. The molecule has 3 heterocycles. The van der Waals surface area contributed by atoms with Crippen molar-refractivity contribution in [3.63, 3.8) is 0 Å². The average Bonchev–Trinajstić information content (AvgIpc) is 3.45. The van der Waals surface area contributed by atoms with E-state index in [4.69, 9.17) is 0 Å². The van der Waals surface area contributed by atoms with Crippen LogP contribution in [0.3, 0.4) is 0 Å². The predicted octanol–water partition coefficient (Wildman–Crippen LogP) is 4.54. The van der Waals surface area contributed by atoms with E-state index in [1.165, 1.54) is 6.07 Å². The smallest absolute Gasteiger partial charge is 0.259 e. The first-order valence-electron chi connectivity index (χ1n) is 10.4. The first kappa shape index (κ1) is 19.2. The number of fused-ring (bicyclic) bond motifs is 1. The Kier molecular flexibility index (Phi) is 5.08. The first-order chi connectivity index (χ1) is 15.2. The number of pyridine rings is 1. The lowest BCUT2D eigenvalue weighted by Crippen LogP contribution is -2.24. The molecule has 0 bridgehead atoms. The highest BCUT2D eigenvalue weighted by Gasteiger charge is 2.20. The molecule has 0 saturated carbocycles. The topological polar surface area (TPSA) is 73.9 Å². The lowest BCUT2D eigenvalue weighted by molar-refractivity contribution is 0.102. The second-order valence-corrected chi connectivity index (χ2v) is 7.71. The van der Waals surface area contributed by atoms with Crippen LogP contribution in [0.2, 0.25) is 0 Å². The molecule has 1 fully saturated rings. The third-order valence-corrected chi connectivity index (χ3v) is 5.54. The van der Waals surface area contributed by atoms with Gasteiger partial charge in [-0.1, -0.05) is 18.2 Å². The summed E-state index contributed by atoms with van der Waals surface area (Å²) in [5.41, 5.74) is 3.36. The molecule has 5 rings (SSSR count). The van der Waals surface area contributed by atoms with Crippen LogP contribution < -0.4 is 10.2 Å². The van der Waals surface area contributed by atoms with Crippen LogP contribution >= 0.6 is 0 Å². The summed E-state index contributed by atoms with van der Waals surface area (Å²) in [7, 11) is 0. The molecule has 1 aliphatic heterocycles. The van der Waals surface area contributed by atoms with Gasteiger partial charge in [0, 0.05) is 31.4 Å². The molecule has 156 valence electrons. The highest BCUT2D eigenvalue weighted by Crippen LogP contribution is 2.24. The van der Waals surface area contributed by atoms with Gasteiger partial charge in [0.1, 0.15) is 17.5 Å². The fourth-order valence-corrected chi connectivity index (χ4v) is 4.00. The average molecular weight is 415 g/mol. The molecule has 1 amide bonds. The lowest BCUT2D eigenvalue weighted by atomic mass is 10.1. The Bertz CT molecular complexity index is 1250. The Hall–Kier alpha value is -3.74. The van der Waals surface area contributed by atoms with Crippen LogP contribution in [0.4, 0.5) is 15.9 Å². The third kappa shape index (κ3) is 3.99. The summed E-state index contributed by atoms with van der Waals surface area (Å²) in [5.74, 6) is 0.959. The standard InChI is InChI=1S/C24H22FN5O/c25-19-8-2-1-6-16(19)14-22-28-20-10-9-17(15-21(20)29-22)27-24(31)18-7-5-11-26-23(18)30-12-3-4-13-30/h1-2,5-11,15H,3-4,12-14H2,(H,27,31)(H,28,29). The third-order valence-electron chi connectivity index (χ3n) is 5.54. The van der Waals surface area contributed by atoms with E-state index in [1.54, 1.807) is 30.5 Å². The number of imidazole rings is 1. The minimum absolute atomic E-state index is 0.194. The van der Waals surface area contributed by atoms with Crippen LogP contribution in [0.25, 0.3) is 11.0 Å². The van der Waals surface area contributed by atoms with E-state index >= 15 is 0 Å². The SMILES string of the molecule is O=C(Nc1ccc2nc(Cc3ccccc3F)[nH]c2c1)c1cccnc1N1CCCC1. The maximum Gasteiger partial charge on any atom is 0.259 e. The van der Waals surface area contributed by atoms with Gasteiger partial charge in [-0.05, 0) is 54.8 Å². The molecule has 6 nitrogen and oxygen atoms in total. The molecule has 2 N–H and O–H groups in total. The molecule has 2 aromatic carbocycles. The number of benzene rings is 2. The number of aromatic nitrogens is 3. The zero-order valence-corrected chi connectivity index (χ0v) is 16.9. The lowest BCUT2D eigenvalue weighted by Gasteiger charge is -2.19. The van der Waals surface area contributed by atoms with E-state index in [9.17, 15) is 9.18 Å². The summed E-state index contributed by atoms with van der Waals surface area (Å²) >= 11 is 0. The molecule has 0 unspecified atom stereocenters. The summed E-state index contributed by atoms with van der Waals surface area (Å²) in [6, 6.07) is 15.8. The zero-order valence-electron chi connectivity index (χ0n) is 16.9. The molecule has 1 aliphatic rings. The number of anilines is 2. The van der Waals surface area contributed by atoms with Crippen molar-refractivity contribution in [2.45, 2.75) is 19.3 Å². The van der Waals surface area contributed by atoms with Crippen LogP contribution in [0.5, 0.6) is 0 Å². The van der Waals surface area contributed by atoms with Gasteiger partial charge >= 0.3 is 0 Å². The van der Waals surface area contributed by atoms with Crippen molar-refractivity contribution in [1.29, 1.82) is 0 Å². The Labute approximate surface area is 179 Å². The quantitative estimate of drug-likeness (QED) is 0.502. The highest BCUT2D eigenvalue weighted by molar-refractivity contribution is 6.08. The molecule has 0 atom stereocenters. The van der Waals surface area contributed by atoms with Crippen molar-refractivity contribution in [2.24, 2.45) is 0 Å². The Morgan fingerprint density at radius 3 is 2.77 bits per heavy atom. The molecule has 31 heavy (non-hydrogen) atoms. The monoisotopic (exact) mass is 415 g/mol. The van der Waals surface area contributed by atoms with Crippen LogP contribution in [0.15, 0.2) is 60.8 Å². The Balaban J connectivity index is 1.37. The van der Waals surface area contributed by atoms with Crippen molar-refractivity contribution < 1.29 is 9.18 Å². The highest BCUT2D eigenvalue weighted by atomic mass is 19.1. The number of aromatic amines is 1. The number of rotatable bonds is 5. The van der Waals surface area contributed by atoms with E-state index < -0.39 is 0 Å². The number of hydrogen-bond donors (Lipinski definition) is 2. The number of hydrogen-bond acceptors (Lipinski definition) is 4. The van der Waals surface area contributed by atoms with Crippen molar-refractivity contribution in [3.05, 3.63) is 83.6 Å². The van der Waals surface area contributed by atoms with Crippen LogP contribution in [-0.4, -0.2) is 33.9 Å². The Morgan fingerprint density at radius 2 is 1.94 bits per heavy atom. The van der Waals surface area contributed by atoms with Gasteiger partial charge in [-0.25, -0.2) is 14.4 Å². The minimum atomic E-state index is -0.249. The largest absolute Gasteiger partial charge is 0.356 e. The van der Waals surface area contributed by atoms with E-state index in [0.29, 0.717) is 29.1 Å². The molecule has 0 aliphatic carbocycles. The molecule has 0 spiro atoms. The second kappa shape index (κ2) is 8.18. The fourth-order valence-electron chi connectivity index (χ4n) is 4.00. The number of nitrogens with one attached hydrogen (secondary N) is 2. The number of carbonyl (C=O) groups is 1. The predicted molar refractivity (Wildman–Crippen MR) is 119 cm³/mol. The molecule has 1 saturated heterocycles. The summed E-state index contributed by atoms with van der Waals surface area (Å²) in [6.07, 6.45) is 4.32. The van der Waals surface area contributed by atoms with Gasteiger partial charge < -0.3 is 15.2 Å². The van der Waals surface area contributed by atoms with E-state index in [-0.39, 0.29) is 11.7 Å². The van der Waals surface area contributed by atoms with Crippen LogP contribution in [0.1, 0.15) is 34.6 Å². The number of nitrogens with zero attached hydrogens (tertiary/aromatic N) is 3. The first-order valence-corrected chi connectivity index (χ1v) is 10.4. The second-order valence-electron chi connectivity index (χ2n) is 7.71. The molecule has 0 radical (unpaired) electrons. The zero-order chi connectivity index (χ0) is 21.2. The maximum atomic E-state index is 13.9. The Morgan fingerprint density at radius 1 is 1.10 bits per heavy atom. The number of H-pyrrole nitrogens is 1. The minimum Gasteiger partial charge on any atom is -0.356 e. The van der Waals surface area contributed by atoms with Gasteiger partial charge in [0.2, 0.25) is 0 Å². The van der Waals surface area contributed by atoms with E-state index in [0.717, 1.165) is 42.8 Å². The number of amides is 1. The summed E-state index contributed by atoms with van der Waals surface area (Å²) in [4.78, 5) is 27.3. The van der Waals surface area contributed by atoms with Crippen molar-refractivity contribution in [1.82, 2.24) is 15.0 Å². The summed E-state index contributed by atoms with van der Waals surface area (Å²) in [6.45, 7) is 1.84. The molecule has 4 aromatic rings. The van der Waals surface area contributed by atoms with E-state index in [1.807, 2.05) is 24.3 Å². The summed E-state index contributed by atoms with van der Waals surface area (Å²) in [5, 5.41) is 2.97. The van der Waals surface area contributed by atoms with Crippen molar-refractivity contribution >= 4 is 28.4 Å². The van der Waals surface area contributed by atoms with Crippen molar-refractivity contribution in [3.8, 4) is 0 Å². The van der Waals surface area contributed by atoms with Crippen LogP contribution in [-0.2, 0) is 6.42 Å². The molecule has 7 heteroatoms. The summed E-state index contributed by atoms with van der Waals surface area (Å²) < 4.78 is 13.9. The van der Waals surface area contributed by atoms with Crippen molar-refractivity contribution in [2.75, 3.05) is 23.3 Å². The van der Waals surface area contributed by atoms with Gasteiger partial charge in [0.25, 0.3) is 5.91 Å². The van der Waals surface area contributed by atoms with Gasteiger partial charge in [-0.15, -0.1) is 0 Å². The molecular formula is C24H22FN5O.